The van der Waals surface area contributed by atoms with Crippen molar-refractivity contribution in [1.29, 1.82) is 0 Å². The first-order chi connectivity index (χ1) is 13.0. The smallest absolute Gasteiger partial charge is 0.313 e. The third-order valence-corrected chi connectivity index (χ3v) is 6.38. The van der Waals surface area contributed by atoms with Crippen molar-refractivity contribution < 1.29 is 19.4 Å². The number of aliphatic carboxylic acids is 1. The highest BCUT2D eigenvalue weighted by Crippen LogP contribution is 2.45. The molecule has 3 fully saturated rings. The van der Waals surface area contributed by atoms with E-state index in [-0.39, 0.29) is 17.7 Å². The molecule has 1 amide bonds. The number of hydrogen-bond donors (Lipinski definition) is 1. The fourth-order valence-corrected chi connectivity index (χ4v) is 4.93. The van der Waals surface area contributed by atoms with Gasteiger partial charge in [0.1, 0.15) is 17.6 Å². The molecular weight excluding hydrogens is 348 g/mol. The van der Waals surface area contributed by atoms with Gasteiger partial charge in [-0.25, -0.2) is 9.97 Å². The predicted octanol–water partition coefficient (Wildman–Crippen LogP) is 1.16. The van der Waals surface area contributed by atoms with Gasteiger partial charge in [0.25, 0.3) is 0 Å². The molecule has 4 rings (SSSR count). The van der Waals surface area contributed by atoms with Gasteiger partial charge in [-0.1, -0.05) is 12.8 Å². The summed E-state index contributed by atoms with van der Waals surface area (Å²) in [5, 5.41) is 10.0. The van der Waals surface area contributed by atoms with Crippen LogP contribution in [-0.2, 0) is 20.9 Å². The van der Waals surface area contributed by atoms with Crippen molar-refractivity contribution >= 4 is 17.7 Å². The second-order valence-electron chi connectivity index (χ2n) is 8.04. The molecule has 1 aliphatic carbocycles. The number of likely N-dealkylation sites (tertiary alicyclic amines) is 1. The lowest BCUT2D eigenvalue weighted by Crippen LogP contribution is -2.43. The van der Waals surface area contributed by atoms with Gasteiger partial charge < -0.3 is 19.6 Å². The molecule has 3 heterocycles. The Bertz CT molecular complexity index is 736. The highest BCUT2D eigenvalue weighted by atomic mass is 16.5. The zero-order chi connectivity index (χ0) is 19.0. The number of carboxylic acid groups (broad SMARTS) is 1. The lowest BCUT2D eigenvalue weighted by atomic mass is 9.81. The van der Waals surface area contributed by atoms with Gasteiger partial charge in [0.2, 0.25) is 5.91 Å². The van der Waals surface area contributed by atoms with Crippen LogP contribution in [0.5, 0.6) is 0 Å². The number of carboxylic acids is 1. The van der Waals surface area contributed by atoms with Gasteiger partial charge in [0.15, 0.2) is 0 Å². The second-order valence-corrected chi connectivity index (χ2v) is 8.04. The maximum atomic E-state index is 12.8. The fraction of sp³-hybridized carbons (Fsp3) is 0.684. The van der Waals surface area contributed by atoms with E-state index in [0.717, 1.165) is 37.2 Å². The lowest BCUT2D eigenvalue weighted by molar-refractivity contribution is -0.148. The zero-order valence-electron chi connectivity index (χ0n) is 15.6. The number of fused-ring (bicyclic) bond motifs is 1. The van der Waals surface area contributed by atoms with Crippen LogP contribution in [-0.4, -0.2) is 65.1 Å². The summed E-state index contributed by atoms with van der Waals surface area (Å²) < 4.78 is 5.12. The van der Waals surface area contributed by atoms with Crippen molar-refractivity contribution in [1.82, 2.24) is 14.9 Å². The summed E-state index contributed by atoms with van der Waals surface area (Å²) in [6, 6.07) is 1.85. The van der Waals surface area contributed by atoms with E-state index in [4.69, 9.17) is 4.74 Å². The standard InChI is InChI=1S/C19H26N4O4/c1-27-9-15-6-16(21-12-20-15)22-7-14-8-23(11-19(14,10-22)18(25)26)17(24)13-4-2-3-5-13/h6,12-14H,2-5,7-11H2,1H3,(H,25,26)/t14-,19-/m0/s1. The SMILES string of the molecule is COCc1cc(N2C[C@H]3CN(C(=O)C4CCCC4)C[C@@]3(C(=O)O)C2)ncn1. The Labute approximate surface area is 158 Å². The Morgan fingerprint density at radius 3 is 2.70 bits per heavy atom. The minimum atomic E-state index is -0.916. The first kappa shape index (κ1) is 18.2. The third-order valence-electron chi connectivity index (χ3n) is 6.38. The quantitative estimate of drug-likeness (QED) is 0.826. The van der Waals surface area contributed by atoms with E-state index in [1.54, 1.807) is 7.11 Å². The molecule has 0 aromatic carbocycles. The molecule has 2 saturated heterocycles. The number of anilines is 1. The van der Waals surface area contributed by atoms with Crippen LogP contribution < -0.4 is 4.90 Å². The Balaban J connectivity index is 1.51. The molecule has 27 heavy (non-hydrogen) atoms. The summed E-state index contributed by atoms with van der Waals surface area (Å²) in [4.78, 5) is 37.3. The molecule has 0 radical (unpaired) electrons. The first-order valence-corrected chi connectivity index (χ1v) is 9.60. The van der Waals surface area contributed by atoms with E-state index >= 15 is 0 Å². The Morgan fingerprint density at radius 1 is 1.26 bits per heavy atom. The van der Waals surface area contributed by atoms with E-state index < -0.39 is 11.4 Å². The largest absolute Gasteiger partial charge is 0.481 e. The molecule has 1 aromatic heterocycles. The maximum Gasteiger partial charge on any atom is 0.313 e. The highest BCUT2D eigenvalue weighted by Gasteiger charge is 2.59. The molecule has 1 saturated carbocycles. The summed E-state index contributed by atoms with van der Waals surface area (Å²) in [6.07, 6.45) is 5.57. The number of ether oxygens (including phenoxy) is 1. The van der Waals surface area contributed by atoms with Crippen LogP contribution in [0.3, 0.4) is 0 Å². The molecule has 3 aliphatic rings. The van der Waals surface area contributed by atoms with Crippen LogP contribution in [0.4, 0.5) is 5.82 Å². The summed E-state index contributed by atoms with van der Waals surface area (Å²) in [6.45, 7) is 2.17. The average molecular weight is 374 g/mol. The lowest BCUT2D eigenvalue weighted by Gasteiger charge is -2.27. The Morgan fingerprint density at radius 2 is 2.04 bits per heavy atom. The van der Waals surface area contributed by atoms with Crippen LogP contribution in [0.15, 0.2) is 12.4 Å². The van der Waals surface area contributed by atoms with Gasteiger partial charge >= 0.3 is 5.97 Å². The normalized spacial score (nSPS) is 28.0. The van der Waals surface area contributed by atoms with Gasteiger partial charge in [-0.2, -0.15) is 0 Å². The van der Waals surface area contributed by atoms with E-state index in [2.05, 4.69) is 9.97 Å². The fourth-order valence-electron chi connectivity index (χ4n) is 4.93. The number of hydrogen-bond acceptors (Lipinski definition) is 6. The number of rotatable bonds is 5. The molecule has 146 valence electrons. The van der Waals surface area contributed by atoms with Crippen molar-refractivity contribution in [3.05, 3.63) is 18.1 Å². The zero-order valence-corrected chi connectivity index (χ0v) is 15.6. The number of carbonyl (C=O) groups excluding carboxylic acids is 1. The van der Waals surface area contributed by atoms with Crippen molar-refractivity contribution in [2.24, 2.45) is 17.3 Å². The van der Waals surface area contributed by atoms with E-state index in [1.165, 1.54) is 6.33 Å². The third kappa shape index (κ3) is 3.16. The molecule has 2 aliphatic heterocycles. The molecule has 2 atom stereocenters. The van der Waals surface area contributed by atoms with E-state index in [1.807, 2.05) is 15.9 Å². The highest BCUT2D eigenvalue weighted by molar-refractivity contribution is 5.83. The van der Waals surface area contributed by atoms with Gasteiger partial charge in [-0.05, 0) is 12.8 Å². The van der Waals surface area contributed by atoms with Crippen LogP contribution in [0.25, 0.3) is 0 Å². The second kappa shape index (κ2) is 7.07. The Kier molecular flexibility index (Phi) is 4.75. The van der Waals surface area contributed by atoms with Crippen molar-refractivity contribution in [3.8, 4) is 0 Å². The molecule has 0 spiro atoms. The van der Waals surface area contributed by atoms with Gasteiger partial charge in [-0.3, -0.25) is 9.59 Å². The van der Waals surface area contributed by atoms with Crippen molar-refractivity contribution in [3.63, 3.8) is 0 Å². The Hall–Kier alpha value is -2.22. The molecule has 8 nitrogen and oxygen atoms in total. The number of methoxy groups -OCH3 is 1. The van der Waals surface area contributed by atoms with Crippen molar-refractivity contribution in [2.75, 3.05) is 38.2 Å². The molecule has 1 aromatic rings. The molecule has 0 bridgehead atoms. The number of nitrogens with zero attached hydrogens (tertiary/aromatic N) is 4. The summed E-state index contributed by atoms with van der Waals surface area (Å²) in [5.41, 5.74) is -0.150. The number of carbonyl (C=O) groups is 2. The van der Waals surface area contributed by atoms with Gasteiger partial charge in [0.05, 0.1) is 12.3 Å². The number of aromatic nitrogens is 2. The minimum Gasteiger partial charge on any atom is -0.481 e. The molecular formula is C19H26N4O4. The molecule has 1 N–H and O–H groups in total. The summed E-state index contributed by atoms with van der Waals surface area (Å²) >= 11 is 0. The van der Waals surface area contributed by atoms with Gasteiger partial charge in [-0.15, -0.1) is 0 Å². The van der Waals surface area contributed by atoms with Crippen LogP contribution in [0.2, 0.25) is 0 Å². The van der Waals surface area contributed by atoms with Crippen LogP contribution >= 0.6 is 0 Å². The monoisotopic (exact) mass is 374 g/mol. The van der Waals surface area contributed by atoms with E-state index in [9.17, 15) is 14.7 Å². The summed E-state index contributed by atoms with van der Waals surface area (Å²) in [5.74, 6) is 0.0626. The van der Waals surface area contributed by atoms with Gasteiger partial charge in [0, 0.05) is 51.2 Å². The maximum absolute atomic E-state index is 12.8. The number of amides is 1. The van der Waals surface area contributed by atoms with Crippen LogP contribution in [0, 0.1) is 17.3 Å². The van der Waals surface area contributed by atoms with Crippen LogP contribution in [0.1, 0.15) is 31.4 Å². The average Bonchev–Trinajstić information content (AvgIpc) is 3.36. The topological polar surface area (TPSA) is 95.9 Å². The molecule has 8 heteroatoms. The molecule has 0 unspecified atom stereocenters. The van der Waals surface area contributed by atoms with E-state index in [0.29, 0.717) is 32.8 Å². The first-order valence-electron chi connectivity index (χ1n) is 9.60. The minimum absolute atomic E-state index is 0.0822. The predicted molar refractivity (Wildman–Crippen MR) is 97.1 cm³/mol. The van der Waals surface area contributed by atoms with Crippen molar-refractivity contribution in [2.45, 2.75) is 32.3 Å². The summed E-state index contributed by atoms with van der Waals surface area (Å²) in [7, 11) is 1.61.